The second-order valence-electron chi connectivity index (χ2n) is 7.10. The monoisotopic (exact) mass is 403 g/mol. The van der Waals surface area contributed by atoms with Gasteiger partial charge in [-0.2, -0.15) is 5.10 Å². The fraction of sp³-hybridized carbons (Fsp3) is 0.227. The fourth-order valence-electron chi connectivity index (χ4n) is 3.38. The highest BCUT2D eigenvalue weighted by Crippen LogP contribution is 2.30. The number of furan rings is 1. The summed E-state index contributed by atoms with van der Waals surface area (Å²) in [5.41, 5.74) is 6.01. The molecule has 0 aliphatic heterocycles. The molecule has 0 saturated carbocycles. The molecule has 0 atom stereocenters. The Balaban J connectivity index is 1.56. The van der Waals surface area contributed by atoms with Crippen LogP contribution in [0.2, 0.25) is 0 Å². The first-order valence-corrected chi connectivity index (χ1v) is 9.67. The van der Waals surface area contributed by atoms with Crippen LogP contribution in [0.5, 0.6) is 0 Å². The molecular formula is C22H21N5O3. The van der Waals surface area contributed by atoms with Gasteiger partial charge in [-0.05, 0) is 50.5 Å². The highest BCUT2D eigenvalue weighted by molar-refractivity contribution is 6.09. The Kier molecular flexibility index (Phi) is 5.38. The molecule has 152 valence electrons. The van der Waals surface area contributed by atoms with Crippen LogP contribution in [-0.4, -0.2) is 27.5 Å². The second kappa shape index (κ2) is 8.28. The molecule has 3 aromatic rings. The summed E-state index contributed by atoms with van der Waals surface area (Å²) in [6, 6.07) is 8.71. The van der Waals surface area contributed by atoms with Gasteiger partial charge < -0.3 is 9.73 Å². The fourth-order valence-corrected chi connectivity index (χ4v) is 3.38. The number of hydrogen-bond acceptors (Lipinski definition) is 6. The molecule has 30 heavy (non-hydrogen) atoms. The van der Waals surface area contributed by atoms with Crippen molar-refractivity contribution in [2.75, 3.05) is 5.32 Å². The zero-order chi connectivity index (χ0) is 21.1. The molecule has 0 saturated heterocycles. The Morgan fingerprint density at radius 2 is 1.93 bits per heavy atom. The van der Waals surface area contributed by atoms with Crippen LogP contribution in [0.1, 0.15) is 56.3 Å². The number of amides is 2. The molecule has 2 amide bonds. The summed E-state index contributed by atoms with van der Waals surface area (Å²) in [7, 11) is 0. The minimum absolute atomic E-state index is 0.230. The van der Waals surface area contributed by atoms with Gasteiger partial charge >= 0.3 is 0 Å². The maximum Gasteiger partial charge on any atom is 0.292 e. The summed E-state index contributed by atoms with van der Waals surface area (Å²) in [4.78, 5) is 33.2. The third kappa shape index (κ3) is 3.98. The molecule has 0 bridgehead atoms. The van der Waals surface area contributed by atoms with E-state index in [2.05, 4.69) is 25.8 Å². The lowest BCUT2D eigenvalue weighted by Gasteiger charge is -2.13. The van der Waals surface area contributed by atoms with Gasteiger partial charge in [-0.1, -0.05) is 12.1 Å². The number of pyridine rings is 2. The Bertz CT molecular complexity index is 1120. The van der Waals surface area contributed by atoms with Gasteiger partial charge in [0.05, 0.1) is 5.71 Å². The number of fused-ring (bicyclic) bond motifs is 1. The van der Waals surface area contributed by atoms with Crippen molar-refractivity contribution in [3.05, 3.63) is 76.6 Å². The number of aryl methyl sites for hydroxylation is 2. The van der Waals surface area contributed by atoms with Gasteiger partial charge in [0.1, 0.15) is 17.3 Å². The Hall–Kier alpha value is -3.81. The molecule has 0 fully saturated rings. The van der Waals surface area contributed by atoms with E-state index in [0.29, 0.717) is 35.7 Å². The molecule has 0 radical (unpaired) electrons. The summed E-state index contributed by atoms with van der Waals surface area (Å²) in [6.07, 6.45) is 5.44. The predicted molar refractivity (Wildman–Crippen MR) is 112 cm³/mol. The van der Waals surface area contributed by atoms with Crippen molar-refractivity contribution in [3.8, 4) is 0 Å². The number of carbonyl (C=O) groups is 2. The Morgan fingerprint density at radius 3 is 2.67 bits per heavy atom. The van der Waals surface area contributed by atoms with Crippen LogP contribution in [0.4, 0.5) is 5.82 Å². The average Bonchev–Trinajstić information content (AvgIpc) is 3.11. The number of nitrogens with zero attached hydrogens (tertiary/aromatic N) is 3. The molecule has 3 aromatic heterocycles. The van der Waals surface area contributed by atoms with Gasteiger partial charge in [0.15, 0.2) is 5.76 Å². The number of nitrogens with one attached hydrogen (secondary N) is 2. The highest BCUT2D eigenvalue weighted by atomic mass is 16.4. The first kappa shape index (κ1) is 19.5. The minimum atomic E-state index is -0.389. The normalized spacial score (nSPS) is 14.3. The van der Waals surface area contributed by atoms with Gasteiger partial charge in [0, 0.05) is 29.9 Å². The predicted octanol–water partition coefficient (Wildman–Crippen LogP) is 3.41. The molecule has 4 rings (SSSR count). The smallest absolute Gasteiger partial charge is 0.292 e. The Morgan fingerprint density at radius 1 is 1.07 bits per heavy atom. The van der Waals surface area contributed by atoms with E-state index in [4.69, 9.17) is 4.42 Å². The van der Waals surface area contributed by atoms with E-state index < -0.39 is 0 Å². The molecular weight excluding hydrogens is 382 g/mol. The van der Waals surface area contributed by atoms with Crippen molar-refractivity contribution >= 4 is 23.3 Å². The van der Waals surface area contributed by atoms with Gasteiger partial charge in [-0.15, -0.1) is 0 Å². The van der Waals surface area contributed by atoms with Crippen LogP contribution in [0.15, 0.2) is 52.2 Å². The maximum atomic E-state index is 12.7. The molecule has 0 unspecified atom stereocenters. The van der Waals surface area contributed by atoms with E-state index in [1.807, 2.05) is 19.9 Å². The van der Waals surface area contributed by atoms with Crippen molar-refractivity contribution in [1.82, 2.24) is 15.4 Å². The lowest BCUT2D eigenvalue weighted by Crippen LogP contribution is -2.22. The molecule has 8 heteroatoms. The van der Waals surface area contributed by atoms with Crippen molar-refractivity contribution in [2.24, 2.45) is 5.10 Å². The summed E-state index contributed by atoms with van der Waals surface area (Å²) < 4.78 is 5.87. The molecule has 1 aliphatic carbocycles. The Labute approximate surface area is 173 Å². The number of rotatable bonds is 4. The molecule has 1 aliphatic rings. The molecule has 3 heterocycles. The van der Waals surface area contributed by atoms with Crippen LogP contribution in [-0.2, 0) is 6.42 Å². The zero-order valence-electron chi connectivity index (χ0n) is 16.7. The van der Waals surface area contributed by atoms with E-state index >= 15 is 0 Å². The van der Waals surface area contributed by atoms with Crippen molar-refractivity contribution in [2.45, 2.75) is 33.1 Å². The topological polar surface area (TPSA) is 109 Å². The largest absolute Gasteiger partial charge is 0.455 e. The van der Waals surface area contributed by atoms with Crippen LogP contribution < -0.4 is 10.7 Å². The van der Waals surface area contributed by atoms with Gasteiger partial charge in [-0.25, -0.2) is 10.4 Å². The number of hydrazone groups is 1. The van der Waals surface area contributed by atoms with Crippen molar-refractivity contribution in [3.63, 3.8) is 0 Å². The van der Waals surface area contributed by atoms with E-state index in [1.54, 1.807) is 36.7 Å². The lowest BCUT2D eigenvalue weighted by molar-refractivity contribution is 0.0948. The van der Waals surface area contributed by atoms with Gasteiger partial charge in [0.25, 0.3) is 11.8 Å². The van der Waals surface area contributed by atoms with Crippen molar-refractivity contribution in [1.29, 1.82) is 0 Å². The van der Waals surface area contributed by atoms with Crippen molar-refractivity contribution < 1.29 is 14.0 Å². The number of hydrogen-bond donors (Lipinski definition) is 2. The zero-order valence-corrected chi connectivity index (χ0v) is 16.7. The average molecular weight is 403 g/mol. The lowest BCUT2D eigenvalue weighted by atomic mass is 9.93. The summed E-state index contributed by atoms with van der Waals surface area (Å²) in [5, 5.41) is 7.06. The summed E-state index contributed by atoms with van der Waals surface area (Å²) >= 11 is 0. The standard InChI is InChI=1S/C22H21N5O3/c1-13-9-10-18(24-12-13)25-22(29)20-14(2)19-15(7-5-8-17(19)30-20)26-27-21(28)16-6-3-4-11-23-16/h3-4,6,9-12H,5,7-8H2,1-2H3,(H,27,28)(H,24,25,29)/b26-15+. The first-order valence-electron chi connectivity index (χ1n) is 9.67. The maximum absolute atomic E-state index is 12.7. The van der Waals surface area contributed by atoms with Gasteiger partial charge in [-0.3, -0.25) is 14.6 Å². The number of carbonyl (C=O) groups excluding carboxylic acids is 2. The third-order valence-electron chi connectivity index (χ3n) is 4.87. The van der Waals surface area contributed by atoms with E-state index in [-0.39, 0.29) is 23.3 Å². The second-order valence-corrected chi connectivity index (χ2v) is 7.10. The molecule has 2 N–H and O–H groups in total. The molecule has 0 spiro atoms. The summed E-state index contributed by atoms with van der Waals surface area (Å²) in [6.45, 7) is 3.75. The van der Waals surface area contributed by atoms with Crippen LogP contribution >= 0.6 is 0 Å². The van der Waals surface area contributed by atoms with Crippen LogP contribution in [0.3, 0.4) is 0 Å². The quantitative estimate of drug-likeness (QED) is 0.649. The molecule has 8 nitrogen and oxygen atoms in total. The van der Waals surface area contributed by atoms with Crippen LogP contribution in [0.25, 0.3) is 0 Å². The van der Waals surface area contributed by atoms with Gasteiger partial charge in [0.2, 0.25) is 0 Å². The summed E-state index contributed by atoms with van der Waals surface area (Å²) in [5.74, 6) is 0.630. The van der Waals surface area contributed by atoms with E-state index in [0.717, 1.165) is 17.5 Å². The first-order chi connectivity index (χ1) is 14.5. The highest BCUT2D eigenvalue weighted by Gasteiger charge is 2.28. The number of aromatic nitrogens is 2. The third-order valence-corrected chi connectivity index (χ3v) is 4.87. The minimum Gasteiger partial charge on any atom is -0.455 e. The number of anilines is 1. The van der Waals surface area contributed by atoms with Crippen LogP contribution in [0, 0.1) is 13.8 Å². The van der Waals surface area contributed by atoms with E-state index in [9.17, 15) is 9.59 Å². The SMILES string of the molecule is Cc1ccc(NC(=O)c2oc3c(c2C)/C(=N/NC(=O)c2ccccn2)CCC3)nc1. The van der Waals surface area contributed by atoms with E-state index in [1.165, 1.54) is 0 Å². The molecule has 0 aromatic carbocycles.